The van der Waals surface area contributed by atoms with Crippen LogP contribution in [-0.2, 0) is 89.6 Å². The first-order valence-corrected chi connectivity index (χ1v) is 45.5. The number of aliphatic hydroxyl groups excluding tert-OH is 4. The molecule has 1 fully saturated rings. The lowest BCUT2D eigenvalue weighted by atomic mass is 9.96. The van der Waals surface area contributed by atoms with Gasteiger partial charge >= 0.3 is 5.97 Å². The van der Waals surface area contributed by atoms with Crippen LogP contribution in [0.4, 0.5) is 0 Å². The Kier molecular flexibility index (Phi) is 51.1. The van der Waals surface area contributed by atoms with E-state index in [1.54, 1.807) is 27.7 Å². The van der Waals surface area contributed by atoms with E-state index < -0.39 is 245 Å². The summed E-state index contributed by atoms with van der Waals surface area (Å²) in [5, 5.41) is 109. The van der Waals surface area contributed by atoms with Gasteiger partial charge in [0, 0.05) is 49.4 Å². The van der Waals surface area contributed by atoms with Gasteiger partial charge in [0.1, 0.15) is 102 Å². The van der Waals surface area contributed by atoms with Gasteiger partial charge in [0.05, 0.1) is 30.5 Å². The zero-order valence-corrected chi connectivity index (χ0v) is 79.3. The number of aliphatic hydroxyl groups is 4. The highest BCUT2D eigenvalue weighted by molar-refractivity contribution is 7.81. The van der Waals surface area contributed by atoms with Crippen LogP contribution in [0.3, 0.4) is 0 Å². The zero-order valence-electron chi connectivity index (χ0n) is 77.5. The van der Waals surface area contributed by atoms with Crippen molar-refractivity contribution in [3.63, 3.8) is 0 Å². The molecule has 0 aromatic heterocycles. The van der Waals surface area contributed by atoms with E-state index in [1.165, 1.54) is 62.4 Å². The fourth-order valence-corrected chi connectivity index (χ4v) is 14.3. The normalized spacial score (nSPS) is 17.3. The molecule has 49 nitrogen and oxygen atoms in total. The number of thiol groups is 2. The molecule has 1 heterocycles. The third-order valence-corrected chi connectivity index (χ3v) is 22.5. The van der Waals surface area contributed by atoms with E-state index >= 15 is 0 Å². The number of likely N-dealkylation sites (tertiary alicyclic amines) is 1. The second-order valence-corrected chi connectivity index (χ2v) is 35.6. The van der Waals surface area contributed by atoms with E-state index in [4.69, 9.17) is 51.6 Å². The van der Waals surface area contributed by atoms with Gasteiger partial charge in [-0.1, -0.05) is 58.4 Å². The number of nitrogens with one attached hydrogen (secondary N) is 14. The molecule has 758 valence electrons. The summed E-state index contributed by atoms with van der Waals surface area (Å²) in [4.78, 5) is 236. The number of amides is 15. The number of phenolic OH excluding ortho intramolecular Hbond substituents is 2. The molecular weight excluding hydrogens is 1810 g/mol. The predicted molar refractivity (Wildman–Crippen MR) is 502 cm³/mol. The van der Waals surface area contributed by atoms with Gasteiger partial charge in [-0.05, 0) is 172 Å². The summed E-state index contributed by atoms with van der Waals surface area (Å²) in [5.74, 6) is -19.4. The first-order valence-electron chi connectivity index (χ1n) is 44.5. The number of phenols is 2. The van der Waals surface area contributed by atoms with Crippen molar-refractivity contribution in [1.82, 2.24) is 79.3 Å². The van der Waals surface area contributed by atoms with Crippen molar-refractivity contribution >= 4 is 132 Å². The van der Waals surface area contributed by atoms with Crippen molar-refractivity contribution in [2.45, 2.75) is 278 Å². The van der Waals surface area contributed by atoms with Gasteiger partial charge < -0.3 is 167 Å². The van der Waals surface area contributed by atoms with E-state index in [9.17, 15) is 112 Å². The number of aliphatic carboxylic acids is 1. The number of unbranched alkanes of at least 4 members (excludes halogenated alkanes) is 1. The van der Waals surface area contributed by atoms with Crippen molar-refractivity contribution in [2.75, 3.05) is 51.6 Å². The highest BCUT2D eigenvalue weighted by atomic mass is 32.1. The third-order valence-electron chi connectivity index (χ3n) is 21.9. The molecule has 1 saturated heterocycles. The standard InChI is InChI=1S/C84H142N26O23S2/c1-10-41(4)61(105-74(125)59-37-49(116)38-110(59)80(131)60(89)40(2)3)75(126)107-63(43(6)112)78(129)102-56(35-45-18-22-47(114)23-19-45)72(123)109-65(84(8,9)135)79(130)108-64(44(7)113)77(128)100-52(17-14-34-95-83(92)93)66(117)98-55(28-32-88)71(122)106-62(42(5)111)76(127)101-54(27-31-87)70(121)96-50(15-11-12-29-85)68(119)104-58(39-134)73(124)99-53(26-30-86)69(120)97-51(16-13-33-94-82(90)91)67(118)103-57(81(132)133)36-46-20-24-48(115)25-21-46/h18-25,40-44,49-65,111-116,134-135H,10-17,26-39,85-89H2,1-9H3,(H,96,121)(H,97,120)(H,98,117)(H,99,124)(H,100,128)(H,101,127)(H,102,129)(H,103,118)(H,104,119)(H,105,125)(H,106,122)(H,107,126)(H,108,130)(H,109,123)(H,132,133)(H4,90,91,94)(H4,92,93,95)/t41-,42+,43+,44+,49+,50-,51-,52-,53-,54+,55-,56-,57-,58-,59-,60-,61-,62-,63-,64-,65+/m0/s1. The Morgan fingerprint density at radius 2 is 0.763 bits per heavy atom. The van der Waals surface area contributed by atoms with E-state index in [2.05, 4.69) is 110 Å². The lowest BCUT2D eigenvalue weighted by Crippen LogP contribution is -2.65. The van der Waals surface area contributed by atoms with Gasteiger partial charge in [-0.3, -0.25) is 81.9 Å². The number of aliphatic imine (C=N–C) groups is 2. The lowest BCUT2D eigenvalue weighted by molar-refractivity contribution is -0.142. The topological polar surface area (TPSA) is 845 Å². The molecule has 2 aromatic carbocycles. The van der Waals surface area contributed by atoms with Gasteiger partial charge in [-0.2, -0.15) is 25.3 Å². The van der Waals surface area contributed by atoms with Crippen LogP contribution in [0.25, 0.3) is 0 Å². The number of rotatable bonds is 60. The number of aromatic hydroxyl groups is 2. The molecule has 135 heavy (non-hydrogen) atoms. The van der Waals surface area contributed by atoms with E-state index in [-0.39, 0.29) is 146 Å². The van der Waals surface area contributed by atoms with Crippen LogP contribution in [0.1, 0.15) is 150 Å². The van der Waals surface area contributed by atoms with Crippen molar-refractivity contribution in [1.29, 1.82) is 0 Å². The van der Waals surface area contributed by atoms with Gasteiger partial charge in [0.2, 0.25) is 88.6 Å². The van der Waals surface area contributed by atoms with Gasteiger partial charge in [0.25, 0.3) is 0 Å². The first kappa shape index (κ1) is 118. The third kappa shape index (κ3) is 40.1. The number of hydrogen-bond acceptors (Lipinski definition) is 31. The molecular formula is C84H142N26O23S2. The summed E-state index contributed by atoms with van der Waals surface area (Å²) in [5.41, 5.74) is 52.5. The largest absolute Gasteiger partial charge is 0.508 e. The quantitative estimate of drug-likeness (QED) is 0.0127. The number of benzene rings is 2. The summed E-state index contributed by atoms with van der Waals surface area (Å²) >= 11 is 8.87. The molecule has 0 unspecified atom stereocenters. The molecule has 0 saturated carbocycles. The minimum atomic E-state index is -2.00. The average molecular weight is 1950 g/mol. The zero-order chi connectivity index (χ0) is 102. The molecule has 0 spiro atoms. The smallest absolute Gasteiger partial charge is 0.326 e. The molecule has 0 aliphatic carbocycles. The van der Waals surface area contributed by atoms with Gasteiger partial charge in [0.15, 0.2) is 11.9 Å². The molecule has 2 aromatic rings. The molecule has 0 bridgehead atoms. The number of hydrogen-bond donors (Lipinski definition) is 32. The molecule has 39 N–H and O–H groups in total. The van der Waals surface area contributed by atoms with Crippen LogP contribution in [0.5, 0.6) is 11.5 Å². The highest BCUT2D eigenvalue weighted by Gasteiger charge is 2.46. The number of guanidine groups is 2. The van der Waals surface area contributed by atoms with Crippen molar-refractivity contribution < 1.29 is 112 Å². The monoisotopic (exact) mass is 1950 g/mol. The van der Waals surface area contributed by atoms with Crippen LogP contribution in [0, 0.1) is 11.8 Å². The Balaban J connectivity index is 1.92. The number of carbonyl (C=O) groups excluding carboxylic acids is 15. The van der Waals surface area contributed by atoms with Crippen LogP contribution in [0.15, 0.2) is 58.5 Å². The molecule has 1 aliphatic heterocycles. The number of nitrogens with two attached hydrogens (primary N) is 9. The van der Waals surface area contributed by atoms with Crippen molar-refractivity contribution in [3.05, 3.63) is 59.7 Å². The number of carboxylic acids is 1. The van der Waals surface area contributed by atoms with Crippen LogP contribution in [-0.4, -0.2) is 325 Å². The Bertz CT molecular complexity index is 4320. The molecule has 21 atom stereocenters. The Morgan fingerprint density at radius 3 is 1.12 bits per heavy atom. The maximum absolute atomic E-state index is 14.8. The number of β-amino-alcohol motifs (C(OH)–C–C–N with tert-alkyl or cyclic N) is 1. The minimum absolute atomic E-state index is 0.0186. The van der Waals surface area contributed by atoms with Crippen molar-refractivity contribution in [3.8, 4) is 11.5 Å². The summed E-state index contributed by atoms with van der Waals surface area (Å²) < 4.78 is -1.61. The highest BCUT2D eigenvalue weighted by Crippen LogP contribution is 2.24. The van der Waals surface area contributed by atoms with E-state index in [1.807, 2.05) is 0 Å². The minimum Gasteiger partial charge on any atom is -0.508 e. The predicted octanol–water partition coefficient (Wildman–Crippen LogP) is -10.2. The second-order valence-electron chi connectivity index (χ2n) is 34.0. The number of carboxylic acid groups (broad SMARTS) is 1. The summed E-state index contributed by atoms with van der Waals surface area (Å²) in [6.45, 7) is 11.7. The van der Waals surface area contributed by atoms with Crippen LogP contribution >= 0.6 is 25.3 Å². The van der Waals surface area contributed by atoms with Crippen LogP contribution < -0.4 is 126 Å². The van der Waals surface area contributed by atoms with Gasteiger partial charge in [-0.25, -0.2) is 4.79 Å². The first-order chi connectivity index (χ1) is 63.4. The van der Waals surface area contributed by atoms with E-state index in [0.717, 1.165) is 25.7 Å². The van der Waals surface area contributed by atoms with Crippen molar-refractivity contribution in [2.24, 2.45) is 73.4 Å². The summed E-state index contributed by atoms with van der Waals surface area (Å²) in [6, 6.07) is -14.8. The lowest BCUT2D eigenvalue weighted by Gasteiger charge is -2.33. The van der Waals surface area contributed by atoms with E-state index in [0.29, 0.717) is 17.5 Å². The summed E-state index contributed by atoms with van der Waals surface area (Å²) in [6.07, 6.45) is -8.11. The van der Waals surface area contributed by atoms with Gasteiger partial charge in [-0.15, -0.1) is 0 Å². The Hall–Kier alpha value is -11.6. The average Bonchev–Trinajstić information content (AvgIpc) is 1.65. The fraction of sp³-hybridized carbons (Fsp3) is 0.643. The molecule has 0 radical (unpaired) electrons. The SMILES string of the molecule is CC[C@H](C)[C@H](NC(=O)[C@@H]1C[C@@H](O)CN1C(=O)[C@@H](N)C(C)C)C(=O)N[C@H](C(=O)N[C@@H](Cc1ccc(O)cc1)C(=O)N[C@H](C(=O)N[C@H](C(=O)N[C@@H](CCCN=C(N)N)C(=O)N[C@@H](CCN)C(=O)N[C@H](C(=O)N[C@H](CCN)C(=O)N[C@@H](CCCCN)C(=O)N[C@@H](CS)C(=O)N[C@@H](CCN)C(=O)N[C@@H](CCCN=C(N)N)C(=O)N[C@@H](Cc1ccc(O)cc1)C(=O)O)[C@@H](C)O)[C@@H](C)O)C(C)(C)S)[C@@H](C)O. The van der Waals surface area contributed by atoms with Crippen LogP contribution in [0.2, 0.25) is 0 Å². The Labute approximate surface area is 794 Å². The molecule has 51 heteroatoms. The maximum atomic E-state index is 14.8. The molecule has 3 rings (SSSR count). The number of nitrogens with zero attached hydrogens (tertiary/aromatic N) is 3. The Morgan fingerprint density at radius 1 is 0.437 bits per heavy atom. The maximum Gasteiger partial charge on any atom is 0.326 e. The number of carbonyl (C=O) groups is 16. The molecule has 1 aliphatic rings. The summed E-state index contributed by atoms with van der Waals surface area (Å²) in [7, 11) is 0. The fourth-order valence-electron chi connectivity index (χ4n) is 13.9. The molecule has 15 amide bonds. The second kappa shape index (κ2) is 58.7.